The number of fused-ring (bicyclic) bond motifs is 12. The molecule has 2 aliphatic carbocycles. The van der Waals surface area contributed by atoms with Crippen molar-refractivity contribution >= 4 is 77.2 Å². The number of para-hydroxylation sites is 2. The summed E-state index contributed by atoms with van der Waals surface area (Å²) in [6, 6.07) is 107. The van der Waals surface area contributed by atoms with Crippen molar-refractivity contribution in [1.82, 2.24) is 9.97 Å². The Morgan fingerprint density at radius 2 is 0.556 bits per heavy atom. The lowest BCUT2D eigenvalue weighted by Crippen LogP contribution is -2.26. The fourth-order valence-corrected chi connectivity index (χ4v) is 14.6. The number of benzene rings is 12. The molecule has 2 aliphatic rings. The minimum absolute atomic E-state index is 0.636. The van der Waals surface area contributed by atoms with Crippen molar-refractivity contribution in [1.29, 1.82) is 0 Å². The molecule has 12 aromatic carbocycles. The van der Waals surface area contributed by atoms with E-state index in [4.69, 9.17) is 9.97 Å². The maximum absolute atomic E-state index is 5.04. The Labute approximate surface area is 478 Å². The van der Waals surface area contributed by atoms with Crippen molar-refractivity contribution in [3.8, 4) is 65.6 Å². The molecule has 0 aliphatic heterocycles. The predicted octanol–water partition coefficient (Wildman–Crippen LogP) is 20.9. The number of nitrogens with zero attached hydrogens (tertiary/aromatic N) is 4. The molecular formula is C75H48N4S2. The molecule has 16 rings (SSSR count). The molecule has 0 radical (unpaired) electrons. The van der Waals surface area contributed by atoms with E-state index >= 15 is 0 Å². The smallest absolute Gasteiger partial charge is 0.124 e. The van der Waals surface area contributed by atoms with Crippen LogP contribution in [0.5, 0.6) is 0 Å². The standard InChI is InChI=1S/C75H48N4S2/c1-3-15-49(16-4-1)51-27-35-55(36-28-51)78(57-39-31-53(32-40-57)73-76-69-23-11-13-25-71(69)80-73)59-43-45-63-61-19-7-9-21-65(61)75(67(63)47-59)66-22-10-8-20-62(66)64-46-44-60(48-68(64)75)79(56-37-29-52(30-38-56)50-17-5-2-6-18-50)58-41-33-54(34-42-58)74-77-70-24-12-14-26-72(70)81-74/h1-48H. The van der Waals surface area contributed by atoms with Crippen molar-refractivity contribution < 1.29 is 0 Å². The average Bonchev–Trinajstić information content (AvgIpc) is 3.98. The normalized spacial score (nSPS) is 12.5. The van der Waals surface area contributed by atoms with Crippen LogP contribution in [0.4, 0.5) is 34.1 Å². The van der Waals surface area contributed by atoms with Gasteiger partial charge in [0.15, 0.2) is 0 Å². The van der Waals surface area contributed by atoms with Crippen LogP contribution in [0.15, 0.2) is 291 Å². The quantitative estimate of drug-likeness (QED) is 0.137. The van der Waals surface area contributed by atoms with Gasteiger partial charge in [-0.05, 0) is 188 Å². The van der Waals surface area contributed by atoms with Crippen molar-refractivity contribution in [2.24, 2.45) is 0 Å². The zero-order valence-electron chi connectivity index (χ0n) is 43.8. The van der Waals surface area contributed by atoms with Crippen LogP contribution in [0.25, 0.3) is 86.1 Å². The molecule has 0 amide bonds. The van der Waals surface area contributed by atoms with Crippen LogP contribution in [-0.2, 0) is 5.41 Å². The second kappa shape index (κ2) is 19.1. The topological polar surface area (TPSA) is 32.3 Å². The second-order valence-corrected chi connectivity index (χ2v) is 22.9. The van der Waals surface area contributed by atoms with Crippen LogP contribution < -0.4 is 9.80 Å². The molecule has 81 heavy (non-hydrogen) atoms. The molecule has 2 heterocycles. The van der Waals surface area contributed by atoms with Gasteiger partial charge in [-0.1, -0.05) is 170 Å². The van der Waals surface area contributed by atoms with Crippen molar-refractivity contribution in [3.05, 3.63) is 313 Å². The fraction of sp³-hybridized carbons (Fsp3) is 0.0133. The zero-order chi connectivity index (χ0) is 53.4. The van der Waals surface area contributed by atoms with Crippen molar-refractivity contribution in [2.45, 2.75) is 5.41 Å². The third kappa shape index (κ3) is 7.78. The first-order chi connectivity index (χ1) is 40.1. The molecule has 1 spiro atoms. The summed E-state index contributed by atoms with van der Waals surface area (Å²) in [6.45, 7) is 0. The lowest BCUT2D eigenvalue weighted by atomic mass is 9.70. The highest BCUT2D eigenvalue weighted by molar-refractivity contribution is 7.22. The molecule has 0 saturated carbocycles. The molecule has 4 nitrogen and oxygen atoms in total. The summed E-state index contributed by atoms with van der Waals surface area (Å²) in [5.41, 5.74) is 24.9. The average molecular weight is 1070 g/mol. The van der Waals surface area contributed by atoms with Gasteiger partial charge in [0.25, 0.3) is 0 Å². The molecule has 14 aromatic rings. The van der Waals surface area contributed by atoms with Gasteiger partial charge in [0.2, 0.25) is 0 Å². The number of aromatic nitrogens is 2. The largest absolute Gasteiger partial charge is 0.310 e. The molecule has 0 N–H and O–H groups in total. The van der Waals surface area contributed by atoms with Crippen LogP contribution in [0, 0.1) is 0 Å². The third-order valence-corrected chi connectivity index (χ3v) is 18.5. The lowest BCUT2D eigenvalue weighted by Gasteiger charge is -2.33. The molecule has 6 heteroatoms. The monoisotopic (exact) mass is 1070 g/mol. The minimum atomic E-state index is -0.636. The summed E-state index contributed by atoms with van der Waals surface area (Å²) in [5.74, 6) is 0. The molecule has 0 bridgehead atoms. The van der Waals surface area contributed by atoms with E-state index in [9.17, 15) is 0 Å². The number of hydrogen-bond acceptors (Lipinski definition) is 6. The van der Waals surface area contributed by atoms with Gasteiger partial charge in [-0.3, -0.25) is 0 Å². The van der Waals surface area contributed by atoms with Gasteiger partial charge in [-0.2, -0.15) is 0 Å². The van der Waals surface area contributed by atoms with Crippen LogP contribution >= 0.6 is 22.7 Å². The summed E-state index contributed by atoms with van der Waals surface area (Å²) in [6.07, 6.45) is 0. The molecule has 0 atom stereocenters. The molecule has 380 valence electrons. The first kappa shape index (κ1) is 47.1. The van der Waals surface area contributed by atoms with Gasteiger partial charge in [0, 0.05) is 45.3 Å². The van der Waals surface area contributed by atoms with Gasteiger partial charge in [0.05, 0.1) is 25.8 Å². The Kier molecular flexibility index (Phi) is 11.1. The van der Waals surface area contributed by atoms with Gasteiger partial charge >= 0.3 is 0 Å². The summed E-state index contributed by atoms with van der Waals surface area (Å²) in [7, 11) is 0. The minimum Gasteiger partial charge on any atom is -0.310 e. The SMILES string of the molecule is c1ccc(-c2ccc(N(c3ccc(-c4nc5ccccc5s4)cc3)c3ccc4c(c3)C3(c5ccccc5-4)c4ccccc4-c4ccc(N(c5ccc(-c6ccccc6)cc5)c5ccc(-c6nc7ccccc7s6)cc5)cc43)cc2)cc1. The number of anilines is 6. The maximum atomic E-state index is 5.04. The Morgan fingerprint density at radius 1 is 0.247 bits per heavy atom. The van der Waals surface area contributed by atoms with Gasteiger partial charge in [0.1, 0.15) is 10.0 Å². The predicted molar refractivity (Wildman–Crippen MR) is 340 cm³/mol. The van der Waals surface area contributed by atoms with Gasteiger partial charge in [-0.25, -0.2) is 9.97 Å². The summed E-state index contributed by atoms with van der Waals surface area (Å²) >= 11 is 3.47. The number of thiazole rings is 2. The second-order valence-electron chi connectivity index (χ2n) is 20.9. The van der Waals surface area contributed by atoms with E-state index in [1.807, 2.05) is 0 Å². The van der Waals surface area contributed by atoms with Crippen LogP contribution in [-0.4, -0.2) is 9.97 Å². The van der Waals surface area contributed by atoms with Crippen molar-refractivity contribution in [2.75, 3.05) is 9.80 Å². The molecule has 0 saturated heterocycles. The lowest BCUT2D eigenvalue weighted by molar-refractivity contribution is 0.793. The molecule has 0 unspecified atom stereocenters. The van der Waals surface area contributed by atoms with E-state index in [0.717, 1.165) is 66.3 Å². The van der Waals surface area contributed by atoms with Crippen LogP contribution in [0.2, 0.25) is 0 Å². The van der Waals surface area contributed by atoms with Gasteiger partial charge < -0.3 is 9.80 Å². The van der Waals surface area contributed by atoms with Gasteiger partial charge in [-0.15, -0.1) is 22.7 Å². The first-order valence-electron chi connectivity index (χ1n) is 27.4. The third-order valence-electron chi connectivity index (χ3n) is 16.4. The summed E-state index contributed by atoms with van der Waals surface area (Å²) in [5, 5.41) is 2.03. The maximum Gasteiger partial charge on any atom is 0.124 e. The summed E-state index contributed by atoms with van der Waals surface area (Å²) in [4.78, 5) is 14.9. The Bertz CT molecular complexity index is 4310. The van der Waals surface area contributed by atoms with E-state index in [0.29, 0.717) is 0 Å². The fourth-order valence-electron chi connectivity index (χ4n) is 12.7. The number of rotatable bonds is 10. The Morgan fingerprint density at radius 3 is 0.951 bits per heavy atom. The molecule has 2 aromatic heterocycles. The Balaban J connectivity index is 0.869. The van der Waals surface area contributed by atoms with Crippen LogP contribution in [0.3, 0.4) is 0 Å². The van der Waals surface area contributed by atoms with Crippen molar-refractivity contribution in [3.63, 3.8) is 0 Å². The highest BCUT2D eigenvalue weighted by Gasteiger charge is 2.52. The van der Waals surface area contributed by atoms with Crippen LogP contribution in [0.1, 0.15) is 22.3 Å². The Hall–Kier alpha value is -9.98. The van der Waals surface area contributed by atoms with E-state index in [1.54, 1.807) is 22.7 Å². The van der Waals surface area contributed by atoms with E-state index < -0.39 is 5.41 Å². The highest BCUT2D eigenvalue weighted by atomic mass is 32.1. The highest BCUT2D eigenvalue weighted by Crippen LogP contribution is 2.64. The number of hydrogen-bond donors (Lipinski definition) is 0. The summed E-state index contributed by atoms with van der Waals surface area (Å²) < 4.78 is 2.37. The molecule has 0 fully saturated rings. The van der Waals surface area contributed by atoms with E-state index in [1.165, 1.54) is 76.2 Å². The van der Waals surface area contributed by atoms with E-state index in [2.05, 4.69) is 301 Å². The van der Waals surface area contributed by atoms with E-state index in [-0.39, 0.29) is 0 Å². The zero-order valence-corrected chi connectivity index (χ0v) is 45.5. The molecular weight excluding hydrogens is 1020 g/mol. The first-order valence-corrected chi connectivity index (χ1v) is 29.1.